The lowest BCUT2D eigenvalue weighted by Gasteiger charge is -2.26. The number of aliphatic carboxylic acids is 1. The van der Waals surface area contributed by atoms with Gasteiger partial charge in [0.25, 0.3) is 0 Å². The lowest BCUT2D eigenvalue weighted by Crippen LogP contribution is -2.34. The highest BCUT2D eigenvalue weighted by atomic mass is 19.1. The number of rotatable bonds is 12. The Bertz CT molecular complexity index is 1080. The van der Waals surface area contributed by atoms with Crippen LogP contribution in [0.4, 0.5) is 14.6 Å². The molecule has 1 fully saturated rings. The quantitative estimate of drug-likeness (QED) is 0.388. The van der Waals surface area contributed by atoms with E-state index in [1.165, 1.54) is 12.1 Å². The summed E-state index contributed by atoms with van der Waals surface area (Å²) < 4.78 is 40.2. The predicted octanol–water partition coefficient (Wildman–Crippen LogP) is 4.88. The first-order valence-corrected chi connectivity index (χ1v) is 13.2. The summed E-state index contributed by atoms with van der Waals surface area (Å²) in [5.74, 6) is -0.990. The van der Waals surface area contributed by atoms with Crippen molar-refractivity contribution in [1.82, 2.24) is 9.88 Å². The molecule has 2 aliphatic rings. The number of aryl methyl sites for hydroxylation is 1. The second kappa shape index (κ2) is 12.8. The molecule has 2 N–H and O–H groups in total. The fourth-order valence-corrected chi connectivity index (χ4v) is 5.05. The molecule has 3 heterocycles. The summed E-state index contributed by atoms with van der Waals surface area (Å²) in [7, 11) is 0. The highest BCUT2D eigenvalue weighted by Crippen LogP contribution is 2.30. The Morgan fingerprint density at radius 2 is 2.11 bits per heavy atom. The van der Waals surface area contributed by atoms with Crippen molar-refractivity contribution >= 4 is 11.8 Å². The zero-order chi connectivity index (χ0) is 26.4. The molecule has 0 bridgehead atoms. The molecule has 1 aromatic heterocycles. The van der Waals surface area contributed by atoms with Gasteiger partial charge in [-0.2, -0.15) is 0 Å². The fraction of sp³-hybridized carbons (Fsp3) is 0.571. The third-order valence-corrected chi connectivity index (χ3v) is 6.95. The van der Waals surface area contributed by atoms with Crippen LogP contribution in [0.2, 0.25) is 0 Å². The molecule has 2 aliphatic heterocycles. The third-order valence-electron chi connectivity index (χ3n) is 6.95. The van der Waals surface area contributed by atoms with Crippen molar-refractivity contribution in [2.45, 2.75) is 77.2 Å². The van der Waals surface area contributed by atoms with E-state index in [2.05, 4.69) is 10.3 Å². The second-order valence-electron chi connectivity index (χ2n) is 10.1. The summed E-state index contributed by atoms with van der Waals surface area (Å²) in [6.45, 7) is 6.40. The molecule has 1 saturated heterocycles. The zero-order valence-electron chi connectivity index (χ0n) is 21.6. The summed E-state index contributed by atoms with van der Waals surface area (Å²) in [6.07, 6.45) is 4.54. The number of nitrogens with one attached hydrogen (secondary N) is 1. The normalized spacial score (nSPS) is 18.6. The van der Waals surface area contributed by atoms with Gasteiger partial charge in [-0.25, -0.2) is 13.8 Å². The number of anilines is 1. The molecular weight excluding hydrogens is 480 g/mol. The van der Waals surface area contributed by atoms with Gasteiger partial charge in [0.05, 0.1) is 18.8 Å². The molecule has 0 spiro atoms. The van der Waals surface area contributed by atoms with Crippen molar-refractivity contribution in [2.24, 2.45) is 0 Å². The average molecular weight is 518 g/mol. The van der Waals surface area contributed by atoms with Crippen molar-refractivity contribution in [3.63, 3.8) is 0 Å². The molecule has 2 atom stereocenters. The molecule has 0 radical (unpaired) electrons. The van der Waals surface area contributed by atoms with E-state index in [1.807, 2.05) is 18.7 Å². The number of aromatic nitrogens is 1. The van der Waals surface area contributed by atoms with Crippen LogP contribution in [0.15, 0.2) is 24.3 Å². The number of carbonyl (C=O) groups is 1. The number of hydrogen-bond acceptors (Lipinski definition) is 6. The molecule has 1 aromatic carbocycles. The van der Waals surface area contributed by atoms with Crippen LogP contribution < -0.4 is 5.32 Å². The highest BCUT2D eigenvalue weighted by molar-refractivity contribution is 5.76. The van der Waals surface area contributed by atoms with E-state index in [0.29, 0.717) is 55.0 Å². The van der Waals surface area contributed by atoms with E-state index >= 15 is 0 Å². The molecule has 9 heteroatoms. The summed E-state index contributed by atoms with van der Waals surface area (Å²) in [5, 5.41) is 13.2. The summed E-state index contributed by atoms with van der Waals surface area (Å²) in [5.41, 5.74) is 2.53. The van der Waals surface area contributed by atoms with Gasteiger partial charge < -0.3 is 19.9 Å². The van der Waals surface area contributed by atoms with Gasteiger partial charge in [-0.3, -0.25) is 9.69 Å². The standard InChI is InChI=1S/C28H37F2N3O4/c1-18(2)37-17-19-8-9-20(29)14-24(19)26(28(34)35)33-12-10-22(16-33)36-13-4-3-6-21-15-25(30)23-7-5-11-31-27(23)32-21/h8-9,14-15,18,22,26H,3-7,10-13,16-17H2,1-2H3,(H,31,32)(H,34,35)/t22-,26?/m1/s1. The van der Waals surface area contributed by atoms with Crippen LogP contribution in [0.1, 0.15) is 68.0 Å². The molecule has 37 heavy (non-hydrogen) atoms. The van der Waals surface area contributed by atoms with Crippen LogP contribution in [0, 0.1) is 11.6 Å². The number of fused-ring (bicyclic) bond motifs is 1. The topological polar surface area (TPSA) is 83.9 Å². The van der Waals surface area contributed by atoms with Gasteiger partial charge in [0, 0.05) is 37.5 Å². The van der Waals surface area contributed by atoms with Gasteiger partial charge in [0.1, 0.15) is 23.5 Å². The lowest BCUT2D eigenvalue weighted by atomic mass is 9.99. The van der Waals surface area contributed by atoms with E-state index in [9.17, 15) is 18.7 Å². The Hall–Kier alpha value is -2.62. The number of carboxylic acid groups (broad SMARTS) is 1. The molecule has 1 unspecified atom stereocenters. The van der Waals surface area contributed by atoms with Crippen molar-refractivity contribution in [2.75, 3.05) is 31.6 Å². The molecule has 2 aromatic rings. The first kappa shape index (κ1) is 27.4. The molecule has 202 valence electrons. The molecule has 4 rings (SSSR count). The Kier molecular flexibility index (Phi) is 9.45. The van der Waals surface area contributed by atoms with Crippen molar-refractivity contribution < 1.29 is 28.2 Å². The van der Waals surface area contributed by atoms with Gasteiger partial charge in [0.15, 0.2) is 0 Å². The molecule has 0 amide bonds. The first-order valence-electron chi connectivity index (χ1n) is 13.2. The van der Waals surface area contributed by atoms with E-state index in [1.54, 1.807) is 12.1 Å². The largest absolute Gasteiger partial charge is 0.480 e. The van der Waals surface area contributed by atoms with Gasteiger partial charge in [-0.1, -0.05) is 6.07 Å². The summed E-state index contributed by atoms with van der Waals surface area (Å²) in [6, 6.07) is 4.82. The number of pyridine rings is 1. The highest BCUT2D eigenvalue weighted by Gasteiger charge is 2.35. The fourth-order valence-electron chi connectivity index (χ4n) is 5.05. The van der Waals surface area contributed by atoms with Crippen LogP contribution in [0.3, 0.4) is 0 Å². The Morgan fingerprint density at radius 1 is 1.27 bits per heavy atom. The smallest absolute Gasteiger partial charge is 0.325 e. The molecule has 0 saturated carbocycles. The predicted molar refractivity (Wildman–Crippen MR) is 137 cm³/mol. The van der Waals surface area contributed by atoms with E-state index < -0.39 is 17.8 Å². The number of hydrogen-bond donors (Lipinski definition) is 2. The monoisotopic (exact) mass is 517 g/mol. The van der Waals surface area contributed by atoms with Crippen LogP contribution in [-0.4, -0.2) is 59.4 Å². The number of benzene rings is 1. The number of ether oxygens (including phenoxy) is 2. The van der Waals surface area contributed by atoms with Crippen molar-refractivity contribution in [1.29, 1.82) is 0 Å². The number of unbranched alkanes of at least 4 members (excludes halogenated alkanes) is 1. The van der Waals surface area contributed by atoms with Gasteiger partial charge in [-0.05, 0) is 81.7 Å². The third kappa shape index (κ3) is 7.24. The molecular formula is C28H37F2N3O4. The van der Waals surface area contributed by atoms with E-state index in [-0.39, 0.29) is 24.6 Å². The number of halogens is 2. The number of likely N-dealkylation sites (tertiary alicyclic amines) is 1. The van der Waals surface area contributed by atoms with E-state index in [0.717, 1.165) is 37.9 Å². The van der Waals surface area contributed by atoms with Crippen molar-refractivity contribution in [3.8, 4) is 0 Å². The minimum Gasteiger partial charge on any atom is -0.480 e. The maximum atomic E-state index is 14.3. The van der Waals surface area contributed by atoms with Gasteiger partial charge >= 0.3 is 5.97 Å². The van der Waals surface area contributed by atoms with Crippen LogP contribution >= 0.6 is 0 Å². The second-order valence-corrected chi connectivity index (χ2v) is 10.1. The maximum absolute atomic E-state index is 14.3. The number of carboxylic acids is 1. The van der Waals surface area contributed by atoms with Crippen LogP contribution in [0.25, 0.3) is 0 Å². The lowest BCUT2D eigenvalue weighted by molar-refractivity contribution is -0.143. The first-order chi connectivity index (χ1) is 17.8. The molecule has 0 aliphatic carbocycles. The van der Waals surface area contributed by atoms with E-state index in [4.69, 9.17) is 9.47 Å². The molecule has 7 nitrogen and oxygen atoms in total. The Balaban J connectivity index is 1.28. The number of nitrogens with zero attached hydrogens (tertiary/aromatic N) is 2. The summed E-state index contributed by atoms with van der Waals surface area (Å²) >= 11 is 0. The SMILES string of the molecule is CC(C)OCc1ccc(F)cc1C(C(=O)O)N1CC[C@@H](OCCCCc2cc(F)c3c(n2)NCCC3)C1. The Labute approximate surface area is 217 Å². The summed E-state index contributed by atoms with van der Waals surface area (Å²) in [4.78, 5) is 18.7. The minimum atomic E-state index is -1.02. The van der Waals surface area contributed by atoms with Gasteiger partial charge in [0.2, 0.25) is 0 Å². The van der Waals surface area contributed by atoms with Crippen LogP contribution in [-0.2, 0) is 33.7 Å². The maximum Gasteiger partial charge on any atom is 0.325 e. The van der Waals surface area contributed by atoms with Gasteiger partial charge in [-0.15, -0.1) is 0 Å². The average Bonchev–Trinajstić information content (AvgIpc) is 3.31. The zero-order valence-corrected chi connectivity index (χ0v) is 21.6. The minimum absolute atomic E-state index is 0.0236. The Morgan fingerprint density at radius 3 is 2.89 bits per heavy atom. The van der Waals surface area contributed by atoms with Crippen molar-refractivity contribution in [3.05, 3.63) is 58.3 Å². The van der Waals surface area contributed by atoms with Crippen LogP contribution in [0.5, 0.6) is 0 Å².